The van der Waals surface area contributed by atoms with Crippen LogP contribution in [0.25, 0.3) is 0 Å². The van der Waals surface area contributed by atoms with Gasteiger partial charge in [-0.15, -0.1) is 0 Å². The molecule has 0 aliphatic carbocycles. The Balaban J connectivity index is 3.33. The van der Waals surface area contributed by atoms with Crippen LogP contribution in [0.15, 0.2) is 4.09 Å². The van der Waals surface area contributed by atoms with Crippen LogP contribution < -0.4 is 0 Å². The predicted octanol–water partition coefficient (Wildman–Crippen LogP) is 3.34. The molecule has 0 N–H and O–H groups in total. The van der Waals surface area contributed by atoms with Crippen LogP contribution in [0.3, 0.4) is 0 Å². The number of hydrogen-bond acceptors (Lipinski definition) is 2. The molecular weight excluding hydrogens is 201 g/mol. The summed E-state index contributed by atoms with van der Waals surface area (Å²) in [6, 6.07) is 0. The van der Waals surface area contributed by atoms with Crippen LogP contribution in [-0.2, 0) is 0 Å². The second kappa shape index (κ2) is 8.26. The molecule has 0 bridgehead atoms. The minimum absolute atomic E-state index is 1.13. The molecule has 0 heterocycles. The van der Waals surface area contributed by atoms with Crippen molar-refractivity contribution in [3.63, 3.8) is 0 Å². The summed E-state index contributed by atoms with van der Waals surface area (Å²) in [4.78, 5) is 10.3. The van der Waals surface area contributed by atoms with Gasteiger partial charge in [-0.3, -0.25) is 0 Å². The fourth-order valence-electron chi connectivity index (χ4n) is 0.875. The summed E-state index contributed by atoms with van der Waals surface area (Å²) in [6.07, 6.45) is 4.81. The number of rotatable bonds is 7. The van der Waals surface area contributed by atoms with Crippen LogP contribution in [0, 0.1) is 4.91 Å². The molecule has 0 aromatic rings. The Bertz CT molecular complexity index is 90.1. The van der Waals surface area contributed by atoms with Crippen LogP contribution >= 0.6 is 0 Å². The molecule has 0 fully saturated rings. The number of hydrogen-bond donors (Lipinski definition) is 0. The summed E-state index contributed by atoms with van der Waals surface area (Å²) in [5, 5.41) is 2.26. The van der Waals surface area contributed by atoms with E-state index in [1.165, 1.54) is 25.7 Å². The molecule has 2 nitrogen and oxygen atoms in total. The molecule has 11 heavy (non-hydrogen) atoms. The van der Waals surface area contributed by atoms with Gasteiger partial charge in [0.25, 0.3) is 0 Å². The summed E-state index contributed by atoms with van der Waals surface area (Å²) >= 11 is -1.24. The van der Waals surface area contributed by atoms with Gasteiger partial charge in [-0.25, -0.2) is 0 Å². The summed E-state index contributed by atoms with van der Waals surface area (Å²) < 4.78 is 3.26. The predicted molar refractivity (Wildman–Crippen MR) is 51.0 cm³/mol. The molecule has 0 aliphatic heterocycles. The van der Waals surface area contributed by atoms with Gasteiger partial charge in [0.15, 0.2) is 0 Å². The fraction of sp³-hybridized carbons (Fsp3) is 1.00. The Morgan fingerprint density at radius 3 is 1.82 bits per heavy atom. The Morgan fingerprint density at radius 1 is 1.09 bits per heavy atom. The number of nitrogens with zero attached hydrogens (tertiary/aromatic N) is 1. The first-order valence-corrected chi connectivity index (χ1v) is 7.92. The number of nitroso groups, excluding NO2 is 1. The summed E-state index contributed by atoms with van der Waals surface area (Å²) in [6.45, 7) is 4.33. The molecule has 0 unspecified atom stereocenters. The molecular formula is C8H18AsNO. The van der Waals surface area contributed by atoms with E-state index in [0.29, 0.717) is 0 Å². The molecule has 0 spiro atoms. The quantitative estimate of drug-likeness (QED) is 0.477. The van der Waals surface area contributed by atoms with Crippen LogP contribution in [-0.4, -0.2) is 14.9 Å². The van der Waals surface area contributed by atoms with Crippen molar-refractivity contribution in [2.45, 2.75) is 49.9 Å². The molecule has 0 saturated carbocycles. The molecule has 0 atom stereocenters. The second-order valence-electron chi connectivity index (χ2n) is 2.74. The van der Waals surface area contributed by atoms with Gasteiger partial charge < -0.3 is 0 Å². The molecule has 0 aromatic heterocycles. The van der Waals surface area contributed by atoms with Crippen LogP contribution in [0.4, 0.5) is 0 Å². The zero-order valence-electron chi connectivity index (χ0n) is 7.55. The van der Waals surface area contributed by atoms with Gasteiger partial charge in [0.1, 0.15) is 0 Å². The Labute approximate surface area is 74.2 Å². The third-order valence-corrected chi connectivity index (χ3v) is 5.63. The van der Waals surface area contributed by atoms with Crippen molar-refractivity contribution in [3.8, 4) is 0 Å². The van der Waals surface area contributed by atoms with E-state index in [1.807, 2.05) is 0 Å². The van der Waals surface area contributed by atoms with E-state index in [2.05, 4.69) is 17.9 Å². The van der Waals surface area contributed by atoms with Gasteiger partial charge in [0, 0.05) is 0 Å². The molecule has 0 aliphatic rings. The first-order valence-electron chi connectivity index (χ1n) is 4.43. The second-order valence-corrected chi connectivity index (χ2v) is 7.09. The topological polar surface area (TPSA) is 29.4 Å². The standard InChI is InChI=1S/C8H18AsNO/c1-3-5-7-9(10-11)8-6-4-2/h3-8H2,1-2H3. The van der Waals surface area contributed by atoms with Crippen molar-refractivity contribution in [1.82, 2.24) is 0 Å². The summed E-state index contributed by atoms with van der Waals surface area (Å²) in [5.41, 5.74) is 0. The summed E-state index contributed by atoms with van der Waals surface area (Å²) in [7, 11) is 0. The third kappa shape index (κ3) is 6.55. The molecule has 0 aromatic carbocycles. The normalized spacial score (nSPS) is 10.5. The first kappa shape index (κ1) is 11.2. The van der Waals surface area contributed by atoms with Gasteiger partial charge in [-0.2, -0.15) is 0 Å². The maximum atomic E-state index is 10.3. The average molecular weight is 219 g/mol. The Morgan fingerprint density at radius 2 is 1.55 bits per heavy atom. The van der Waals surface area contributed by atoms with Gasteiger partial charge >= 0.3 is 73.8 Å². The molecule has 0 rings (SSSR count). The van der Waals surface area contributed by atoms with E-state index >= 15 is 0 Å². The van der Waals surface area contributed by atoms with E-state index in [-0.39, 0.29) is 0 Å². The third-order valence-electron chi connectivity index (χ3n) is 1.66. The molecule has 3 heteroatoms. The zero-order chi connectivity index (χ0) is 8.53. The minimum atomic E-state index is -1.24. The van der Waals surface area contributed by atoms with E-state index < -0.39 is 14.9 Å². The first-order chi connectivity index (χ1) is 5.35. The number of unbranched alkanes of at least 4 members (excludes halogenated alkanes) is 2. The van der Waals surface area contributed by atoms with Gasteiger partial charge in [-0.05, 0) is 0 Å². The van der Waals surface area contributed by atoms with E-state index in [0.717, 1.165) is 10.4 Å². The maximum absolute atomic E-state index is 10.3. The van der Waals surface area contributed by atoms with Gasteiger partial charge in [-0.1, -0.05) is 0 Å². The van der Waals surface area contributed by atoms with Crippen LogP contribution in [0.2, 0.25) is 10.4 Å². The molecule has 0 radical (unpaired) electrons. The van der Waals surface area contributed by atoms with Crippen molar-refractivity contribution in [2.75, 3.05) is 0 Å². The molecule has 66 valence electrons. The van der Waals surface area contributed by atoms with Crippen molar-refractivity contribution >= 4 is 14.9 Å². The Hall–Kier alpha value is 0.158. The van der Waals surface area contributed by atoms with E-state index in [4.69, 9.17) is 0 Å². The SMILES string of the molecule is CCCC[As](CCCC)N=O. The van der Waals surface area contributed by atoms with Crippen LogP contribution in [0.1, 0.15) is 39.5 Å². The monoisotopic (exact) mass is 219 g/mol. The van der Waals surface area contributed by atoms with Crippen LogP contribution in [0.5, 0.6) is 0 Å². The van der Waals surface area contributed by atoms with Crippen molar-refractivity contribution < 1.29 is 0 Å². The summed E-state index contributed by atoms with van der Waals surface area (Å²) in [5.74, 6) is 0. The van der Waals surface area contributed by atoms with Crippen molar-refractivity contribution in [1.29, 1.82) is 0 Å². The van der Waals surface area contributed by atoms with E-state index in [9.17, 15) is 4.91 Å². The zero-order valence-corrected chi connectivity index (χ0v) is 9.42. The van der Waals surface area contributed by atoms with Crippen molar-refractivity contribution in [2.24, 2.45) is 4.09 Å². The molecule has 0 saturated heterocycles. The van der Waals surface area contributed by atoms with Crippen molar-refractivity contribution in [3.05, 3.63) is 4.91 Å². The van der Waals surface area contributed by atoms with E-state index in [1.54, 1.807) is 0 Å². The fourth-order valence-corrected chi connectivity index (χ4v) is 4.55. The van der Waals surface area contributed by atoms with Gasteiger partial charge in [0.05, 0.1) is 0 Å². The van der Waals surface area contributed by atoms with Gasteiger partial charge in [0.2, 0.25) is 0 Å². The average Bonchev–Trinajstić information content (AvgIpc) is 2.05. The Kier molecular flexibility index (Phi) is 8.38. The molecule has 0 amide bonds.